The minimum Gasteiger partial charge on any atom is -0.445 e. The molecule has 1 saturated carbocycles. The van der Waals surface area contributed by atoms with Gasteiger partial charge in [0.25, 0.3) is 0 Å². The van der Waals surface area contributed by atoms with E-state index in [-0.39, 0.29) is 44.3 Å². The van der Waals surface area contributed by atoms with Gasteiger partial charge in [0.1, 0.15) is 12.2 Å². The van der Waals surface area contributed by atoms with Gasteiger partial charge in [-0.1, -0.05) is 36.4 Å². The first kappa shape index (κ1) is 29.1. The fourth-order valence-electron chi connectivity index (χ4n) is 5.95. The average Bonchev–Trinajstić information content (AvgIpc) is 3.76. The normalized spacial score (nSPS) is 18.6. The van der Waals surface area contributed by atoms with Crippen LogP contribution in [0.2, 0.25) is 0 Å². The number of carbonyl (C=O) groups excluding carboxylic acids is 2. The Morgan fingerprint density at radius 1 is 0.977 bits per heavy atom. The summed E-state index contributed by atoms with van der Waals surface area (Å²) in [6.07, 6.45) is -3.27. The van der Waals surface area contributed by atoms with Crippen LogP contribution in [0.25, 0.3) is 5.69 Å². The predicted molar refractivity (Wildman–Crippen MR) is 152 cm³/mol. The lowest BCUT2D eigenvalue weighted by Crippen LogP contribution is -2.47. The van der Waals surface area contributed by atoms with Crippen molar-refractivity contribution in [3.05, 3.63) is 82.2 Å². The van der Waals surface area contributed by atoms with Gasteiger partial charge in [0.15, 0.2) is 0 Å². The monoisotopic (exact) mass is 596 g/mol. The van der Waals surface area contributed by atoms with E-state index < -0.39 is 35.6 Å². The molecule has 43 heavy (non-hydrogen) atoms. The molecule has 3 aliphatic rings. The zero-order chi connectivity index (χ0) is 30.5. The Morgan fingerprint density at radius 3 is 2.40 bits per heavy atom. The minimum atomic E-state index is -4.56. The quantitative estimate of drug-likeness (QED) is 0.331. The van der Waals surface area contributed by atoms with Crippen molar-refractivity contribution in [1.82, 2.24) is 19.6 Å². The number of amides is 2. The van der Waals surface area contributed by atoms with E-state index >= 15 is 0 Å². The molecule has 0 saturated heterocycles. The molecule has 2 aromatic carbocycles. The van der Waals surface area contributed by atoms with Gasteiger partial charge in [0, 0.05) is 38.0 Å². The molecule has 0 N–H and O–H groups in total. The number of hydrogen-bond donors (Lipinski definition) is 0. The Hall–Kier alpha value is -4.02. The lowest BCUT2D eigenvalue weighted by atomic mass is 9.95. The largest absolute Gasteiger partial charge is 0.445 e. The molecular weight excluding hydrogens is 561 g/mol. The first-order valence-electron chi connectivity index (χ1n) is 14.7. The van der Waals surface area contributed by atoms with E-state index in [1.807, 2.05) is 30.3 Å². The fraction of sp³-hybridized carbons (Fsp3) is 0.469. The predicted octanol–water partition coefficient (Wildman–Crippen LogP) is 6.80. The summed E-state index contributed by atoms with van der Waals surface area (Å²) in [6.45, 7) is 5.95. The van der Waals surface area contributed by atoms with E-state index in [1.165, 1.54) is 21.7 Å². The maximum atomic E-state index is 14.4. The first-order valence-corrected chi connectivity index (χ1v) is 14.7. The smallest absolute Gasteiger partial charge is 0.418 e. The molecule has 1 aromatic heterocycles. The van der Waals surface area contributed by atoms with Gasteiger partial charge < -0.3 is 14.4 Å². The molecule has 0 spiro atoms. The van der Waals surface area contributed by atoms with Crippen molar-refractivity contribution in [2.45, 2.75) is 76.8 Å². The Labute approximate surface area is 248 Å². The zero-order valence-electron chi connectivity index (χ0n) is 24.5. The molecule has 11 heteroatoms. The van der Waals surface area contributed by atoms with E-state index in [0.29, 0.717) is 28.9 Å². The topological polar surface area (TPSA) is 76.9 Å². The summed E-state index contributed by atoms with van der Waals surface area (Å²) >= 11 is 0. The molecule has 2 amide bonds. The van der Waals surface area contributed by atoms with Crippen LogP contribution in [-0.2, 0) is 35.1 Å². The van der Waals surface area contributed by atoms with Gasteiger partial charge in [-0.15, -0.1) is 0 Å². The van der Waals surface area contributed by atoms with Gasteiger partial charge in [0.2, 0.25) is 0 Å². The van der Waals surface area contributed by atoms with E-state index in [0.717, 1.165) is 18.4 Å². The second-order valence-corrected chi connectivity index (χ2v) is 12.4. The average molecular weight is 597 g/mol. The minimum absolute atomic E-state index is 0.0245. The molecule has 2 aliphatic heterocycles. The zero-order valence-corrected chi connectivity index (χ0v) is 24.5. The van der Waals surface area contributed by atoms with Gasteiger partial charge in [-0.2, -0.15) is 18.3 Å². The standard InChI is InChI=1S/C32H35F3N4O4/c1-31(2,3)43-30(41)38-16-14-26-28-24(13-15-37(18-27(28)38)29(40)42-19-20-7-5-4-6-8-20)36-39(26)25-12-11-22(21-9-10-21)17-23(25)32(33,34)35/h4-8,11-12,17,21,27H,9-10,13-16,18-19H2,1-3H3/t27-/m0/s1. The second kappa shape index (κ2) is 10.9. The summed E-state index contributed by atoms with van der Waals surface area (Å²) in [5.74, 6) is 0.169. The van der Waals surface area contributed by atoms with Crippen molar-refractivity contribution in [1.29, 1.82) is 0 Å². The molecule has 6 rings (SSSR count). The number of nitrogens with zero attached hydrogens (tertiary/aromatic N) is 4. The van der Waals surface area contributed by atoms with Crippen LogP contribution in [0, 0.1) is 0 Å². The van der Waals surface area contributed by atoms with E-state index in [2.05, 4.69) is 0 Å². The summed E-state index contributed by atoms with van der Waals surface area (Å²) in [5, 5.41) is 4.72. The first-order chi connectivity index (χ1) is 20.4. The van der Waals surface area contributed by atoms with Crippen molar-refractivity contribution in [3.63, 3.8) is 0 Å². The van der Waals surface area contributed by atoms with Gasteiger partial charge in [-0.05, 0) is 62.8 Å². The number of aromatic nitrogens is 2. The van der Waals surface area contributed by atoms with Crippen LogP contribution in [0.3, 0.4) is 0 Å². The van der Waals surface area contributed by atoms with E-state index in [1.54, 1.807) is 31.7 Å². The van der Waals surface area contributed by atoms with Crippen LogP contribution in [0.15, 0.2) is 48.5 Å². The summed E-state index contributed by atoms with van der Waals surface area (Å²) in [7, 11) is 0. The molecule has 3 heterocycles. The number of hydrogen-bond acceptors (Lipinski definition) is 5. The molecule has 228 valence electrons. The van der Waals surface area contributed by atoms with Gasteiger partial charge >= 0.3 is 18.4 Å². The molecule has 8 nitrogen and oxygen atoms in total. The summed E-state index contributed by atoms with van der Waals surface area (Å²) < 4.78 is 55.8. The van der Waals surface area contributed by atoms with Crippen molar-refractivity contribution in [3.8, 4) is 5.69 Å². The summed E-state index contributed by atoms with van der Waals surface area (Å²) in [5.41, 5.74) is 1.89. The molecule has 1 aliphatic carbocycles. The lowest BCUT2D eigenvalue weighted by molar-refractivity contribution is -0.137. The number of carbonyl (C=O) groups is 2. The van der Waals surface area contributed by atoms with Crippen LogP contribution in [-0.4, -0.2) is 57.0 Å². The van der Waals surface area contributed by atoms with E-state index in [9.17, 15) is 22.8 Å². The molecule has 0 bridgehead atoms. The second-order valence-electron chi connectivity index (χ2n) is 12.4. The highest BCUT2D eigenvalue weighted by Gasteiger charge is 2.43. The number of alkyl halides is 3. The molecule has 1 fully saturated rings. The van der Waals surface area contributed by atoms with Crippen molar-refractivity contribution in [2.75, 3.05) is 19.6 Å². The Kier molecular flexibility index (Phi) is 7.38. The number of rotatable bonds is 4. The Balaban J connectivity index is 1.36. The third-order valence-corrected chi connectivity index (χ3v) is 8.10. The Morgan fingerprint density at radius 2 is 1.72 bits per heavy atom. The summed E-state index contributed by atoms with van der Waals surface area (Å²) in [6, 6.07) is 13.2. The molecule has 3 aromatic rings. The van der Waals surface area contributed by atoms with Gasteiger partial charge in [-0.25, -0.2) is 14.3 Å². The van der Waals surface area contributed by atoms with Crippen molar-refractivity contribution < 1.29 is 32.2 Å². The maximum absolute atomic E-state index is 14.4. The highest BCUT2D eigenvalue weighted by atomic mass is 19.4. The molecule has 0 radical (unpaired) electrons. The fourth-order valence-corrected chi connectivity index (χ4v) is 5.95. The number of halogens is 3. The molecule has 1 atom stereocenters. The number of ether oxygens (including phenoxy) is 2. The van der Waals surface area contributed by atoms with Crippen LogP contribution < -0.4 is 0 Å². The summed E-state index contributed by atoms with van der Waals surface area (Å²) in [4.78, 5) is 29.7. The van der Waals surface area contributed by atoms with Crippen LogP contribution in [0.4, 0.5) is 22.8 Å². The van der Waals surface area contributed by atoms with E-state index in [4.69, 9.17) is 14.6 Å². The van der Waals surface area contributed by atoms with Crippen molar-refractivity contribution >= 4 is 12.2 Å². The van der Waals surface area contributed by atoms with Crippen LogP contribution in [0.5, 0.6) is 0 Å². The third-order valence-electron chi connectivity index (χ3n) is 8.10. The van der Waals surface area contributed by atoms with Crippen LogP contribution in [0.1, 0.15) is 79.2 Å². The highest BCUT2D eigenvalue weighted by Crippen LogP contribution is 2.45. The van der Waals surface area contributed by atoms with Gasteiger partial charge in [-0.3, -0.25) is 4.90 Å². The highest BCUT2D eigenvalue weighted by molar-refractivity contribution is 5.71. The van der Waals surface area contributed by atoms with Crippen LogP contribution >= 0.6 is 0 Å². The van der Waals surface area contributed by atoms with Crippen molar-refractivity contribution in [2.24, 2.45) is 0 Å². The maximum Gasteiger partial charge on any atom is 0.418 e. The Bertz CT molecular complexity index is 1530. The lowest BCUT2D eigenvalue weighted by Gasteiger charge is -2.38. The molecular formula is C32H35F3N4O4. The number of benzene rings is 2. The molecule has 0 unspecified atom stereocenters. The third kappa shape index (κ3) is 6.07. The SMILES string of the molecule is CC(C)(C)OC(=O)N1CCc2c3c(nn2-c2ccc(C4CC4)cc2C(F)(F)F)CCN(C(=O)OCc2ccccc2)C[C@@H]31. The van der Waals surface area contributed by atoms with Gasteiger partial charge in [0.05, 0.1) is 28.7 Å².